The van der Waals surface area contributed by atoms with Gasteiger partial charge in [-0.05, 0) is 24.6 Å². The van der Waals surface area contributed by atoms with Gasteiger partial charge in [0.1, 0.15) is 5.69 Å². The molecule has 0 atom stereocenters. The van der Waals surface area contributed by atoms with Crippen molar-refractivity contribution in [2.45, 2.75) is 13.5 Å². The van der Waals surface area contributed by atoms with Crippen molar-refractivity contribution in [3.8, 4) is 0 Å². The van der Waals surface area contributed by atoms with Crippen molar-refractivity contribution in [3.63, 3.8) is 0 Å². The Labute approximate surface area is 145 Å². The maximum Gasteiger partial charge on any atom is 0.273 e. The van der Waals surface area contributed by atoms with Gasteiger partial charge in [-0.15, -0.1) is 11.3 Å². The number of carbonyl (C=O) groups excluding carboxylic acids is 1. The van der Waals surface area contributed by atoms with Crippen LogP contribution in [0.1, 0.15) is 21.6 Å². The van der Waals surface area contributed by atoms with Crippen LogP contribution in [0.2, 0.25) is 0 Å². The first-order valence-electron chi connectivity index (χ1n) is 7.70. The molecule has 0 radical (unpaired) electrons. The van der Waals surface area contributed by atoms with Crippen molar-refractivity contribution in [2.24, 2.45) is 0 Å². The summed E-state index contributed by atoms with van der Waals surface area (Å²) in [6, 6.07) is 18.0. The van der Waals surface area contributed by atoms with Crippen LogP contribution < -0.4 is 5.32 Å². The van der Waals surface area contributed by atoms with Crippen LogP contribution in [0, 0.1) is 6.92 Å². The minimum absolute atomic E-state index is 0.0768. The minimum atomic E-state index is -0.0768. The van der Waals surface area contributed by atoms with Gasteiger partial charge in [-0.3, -0.25) is 4.79 Å². The van der Waals surface area contributed by atoms with Crippen LogP contribution >= 0.6 is 11.3 Å². The lowest BCUT2D eigenvalue weighted by molar-refractivity contribution is 0.0780. The SMILES string of the molecule is Cc1ccc(Nc2nc(C(=O)N(C)Cc3ccccc3)cs2)cc1. The largest absolute Gasteiger partial charge is 0.336 e. The number of hydrogen-bond donors (Lipinski definition) is 1. The molecule has 3 aromatic rings. The van der Waals surface area contributed by atoms with Crippen LogP contribution in [-0.4, -0.2) is 22.8 Å². The number of anilines is 2. The summed E-state index contributed by atoms with van der Waals surface area (Å²) in [5, 5.41) is 5.74. The summed E-state index contributed by atoms with van der Waals surface area (Å²) in [6.07, 6.45) is 0. The molecule has 0 saturated heterocycles. The Hall–Kier alpha value is -2.66. The van der Waals surface area contributed by atoms with Crippen LogP contribution in [0.5, 0.6) is 0 Å². The second-order valence-corrected chi connectivity index (χ2v) is 6.53. The van der Waals surface area contributed by atoms with Crippen LogP contribution in [0.3, 0.4) is 0 Å². The van der Waals surface area contributed by atoms with Crippen molar-refractivity contribution in [1.29, 1.82) is 0 Å². The summed E-state index contributed by atoms with van der Waals surface area (Å²) in [5.74, 6) is -0.0768. The first-order valence-corrected chi connectivity index (χ1v) is 8.58. The average Bonchev–Trinajstić information content (AvgIpc) is 3.05. The van der Waals surface area contributed by atoms with Crippen molar-refractivity contribution in [1.82, 2.24) is 9.88 Å². The number of nitrogens with one attached hydrogen (secondary N) is 1. The summed E-state index contributed by atoms with van der Waals surface area (Å²) in [4.78, 5) is 18.6. The summed E-state index contributed by atoms with van der Waals surface area (Å²) >= 11 is 1.43. The average molecular weight is 337 g/mol. The molecule has 1 aromatic heterocycles. The van der Waals surface area contributed by atoms with Crippen LogP contribution in [0.15, 0.2) is 60.0 Å². The Bertz CT molecular complexity index is 812. The number of thiazole rings is 1. The van der Waals surface area contributed by atoms with Gasteiger partial charge in [0, 0.05) is 24.7 Å². The number of hydrogen-bond acceptors (Lipinski definition) is 4. The summed E-state index contributed by atoms with van der Waals surface area (Å²) < 4.78 is 0. The molecule has 0 bridgehead atoms. The highest BCUT2D eigenvalue weighted by atomic mass is 32.1. The summed E-state index contributed by atoms with van der Waals surface area (Å²) in [7, 11) is 1.79. The van der Waals surface area contributed by atoms with E-state index in [1.165, 1.54) is 16.9 Å². The third kappa shape index (κ3) is 4.00. The second-order valence-electron chi connectivity index (χ2n) is 5.68. The molecule has 2 aromatic carbocycles. The van der Waals surface area contributed by atoms with Crippen molar-refractivity contribution < 1.29 is 4.79 Å². The molecule has 0 aliphatic heterocycles. The summed E-state index contributed by atoms with van der Waals surface area (Å²) in [6.45, 7) is 2.62. The van der Waals surface area contributed by atoms with Gasteiger partial charge in [0.15, 0.2) is 5.13 Å². The third-order valence-electron chi connectivity index (χ3n) is 3.64. The van der Waals surface area contributed by atoms with Crippen molar-refractivity contribution >= 4 is 28.1 Å². The van der Waals surface area contributed by atoms with E-state index in [1.807, 2.05) is 61.5 Å². The molecule has 5 heteroatoms. The van der Waals surface area contributed by atoms with Gasteiger partial charge in [0.25, 0.3) is 5.91 Å². The molecule has 4 nitrogen and oxygen atoms in total. The highest BCUT2D eigenvalue weighted by Crippen LogP contribution is 2.22. The van der Waals surface area contributed by atoms with E-state index in [-0.39, 0.29) is 5.91 Å². The van der Waals surface area contributed by atoms with Gasteiger partial charge in [-0.1, -0.05) is 48.0 Å². The fourth-order valence-corrected chi connectivity index (χ4v) is 3.02. The van der Waals surface area contributed by atoms with E-state index in [0.29, 0.717) is 12.2 Å². The molecular weight excluding hydrogens is 318 g/mol. The molecule has 0 aliphatic carbocycles. The number of benzene rings is 2. The molecular formula is C19H19N3OS. The fourth-order valence-electron chi connectivity index (χ4n) is 2.31. The maximum absolute atomic E-state index is 12.5. The quantitative estimate of drug-likeness (QED) is 0.747. The van der Waals surface area contributed by atoms with E-state index in [0.717, 1.165) is 16.4 Å². The van der Waals surface area contributed by atoms with Gasteiger partial charge < -0.3 is 10.2 Å². The Kier molecular flexibility index (Phi) is 4.91. The molecule has 24 heavy (non-hydrogen) atoms. The van der Waals surface area contributed by atoms with E-state index < -0.39 is 0 Å². The van der Waals surface area contributed by atoms with Crippen LogP contribution in [-0.2, 0) is 6.54 Å². The van der Waals surface area contributed by atoms with Gasteiger partial charge >= 0.3 is 0 Å². The molecule has 1 N–H and O–H groups in total. The smallest absolute Gasteiger partial charge is 0.273 e. The predicted molar refractivity (Wildman–Crippen MR) is 98.8 cm³/mol. The fraction of sp³-hybridized carbons (Fsp3) is 0.158. The van der Waals surface area contributed by atoms with Gasteiger partial charge in [-0.2, -0.15) is 0 Å². The molecule has 1 amide bonds. The predicted octanol–water partition coefficient (Wildman–Crippen LogP) is 4.47. The summed E-state index contributed by atoms with van der Waals surface area (Å²) in [5.41, 5.74) is 3.74. The number of rotatable bonds is 5. The first-order chi connectivity index (χ1) is 11.6. The standard InChI is InChI=1S/C19H19N3OS/c1-14-8-10-16(11-9-14)20-19-21-17(13-24-19)18(23)22(2)12-15-6-4-3-5-7-15/h3-11,13H,12H2,1-2H3,(H,20,21). The third-order valence-corrected chi connectivity index (χ3v) is 4.39. The Morgan fingerprint density at radius 1 is 1.12 bits per heavy atom. The Morgan fingerprint density at radius 2 is 1.83 bits per heavy atom. The zero-order chi connectivity index (χ0) is 16.9. The number of carbonyl (C=O) groups is 1. The van der Waals surface area contributed by atoms with Gasteiger partial charge in [0.2, 0.25) is 0 Å². The topological polar surface area (TPSA) is 45.2 Å². The molecule has 1 heterocycles. The molecule has 0 saturated carbocycles. The molecule has 122 valence electrons. The van der Waals surface area contributed by atoms with Crippen LogP contribution in [0.4, 0.5) is 10.8 Å². The van der Waals surface area contributed by atoms with Crippen molar-refractivity contribution in [3.05, 3.63) is 76.8 Å². The maximum atomic E-state index is 12.5. The monoisotopic (exact) mass is 337 g/mol. The molecule has 3 rings (SSSR count). The number of nitrogens with zero attached hydrogens (tertiary/aromatic N) is 2. The Morgan fingerprint density at radius 3 is 2.54 bits per heavy atom. The highest BCUT2D eigenvalue weighted by molar-refractivity contribution is 7.14. The first kappa shape index (κ1) is 16.2. The molecule has 0 spiro atoms. The number of aryl methyl sites for hydroxylation is 1. The van der Waals surface area contributed by atoms with Gasteiger partial charge in [0.05, 0.1) is 0 Å². The van der Waals surface area contributed by atoms with E-state index in [1.54, 1.807) is 17.3 Å². The molecule has 0 unspecified atom stereocenters. The number of aromatic nitrogens is 1. The van der Waals surface area contributed by atoms with E-state index >= 15 is 0 Å². The van der Waals surface area contributed by atoms with Gasteiger partial charge in [-0.25, -0.2) is 4.98 Å². The van der Waals surface area contributed by atoms with E-state index in [2.05, 4.69) is 10.3 Å². The lowest BCUT2D eigenvalue weighted by Gasteiger charge is -2.15. The second kappa shape index (κ2) is 7.27. The lowest BCUT2D eigenvalue weighted by Crippen LogP contribution is -2.26. The zero-order valence-electron chi connectivity index (χ0n) is 13.7. The van der Waals surface area contributed by atoms with Crippen molar-refractivity contribution in [2.75, 3.05) is 12.4 Å². The Balaban J connectivity index is 1.65. The molecule has 0 fully saturated rings. The minimum Gasteiger partial charge on any atom is -0.336 e. The number of amides is 1. The zero-order valence-corrected chi connectivity index (χ0v) is 14.5. The van der Waals surface area contributed by atoms with E-state index in [9.17, 15) is 4.79 Å². The highest BCUT2D eigenvalue weighted by Gasteiger charge is 2.15. The lowest BCUT2D eigenvalue weighted by atomic mass is 10.2. The normalized spacial score (nSPS) is 10.4. The molecule has 0 aliphatic rings. The van der Waals surface area contributed by atoms with E-state index in [4.69, 9.17) is 0 Å². The van der Waals surface area contributed by atoms with Crippen LogP contribution in [0.25, 0.3) is 0 Å².